The molecule has 168 valence electrons. The van der Waals surface area contributed by atoms with E-state index in [4.69, 9.17) is 9.72 Å². The first-order valence-electron chi connectivity index (χ1n) is 11.0. The summed E-state index contributed by atoms with van der Waals surface area (Å²) in [5, 5.41) is 5.79. The predicted octanol–water partition coefficient (Wildman–Crippen LogP) is 3.88. The number of aromatic amines is 1. The average Bonchev–Trinajstić information content (AvgIpc) is 3.22. The van der Waals surface area contributed by atoms with Gasteiger partial charge in [-0.05, 0) is 55.9 Å². The first-order valence-corrected chi connectivity index (χ1v) is 11.0. The average molecular weight is 427 g/mol. The molecule has 1 aromatic heterocycles. The lowest BCUT2D eigenvalue weighted by Crippen LogP contribution is -2.38. The molecule has 3 N–H and O–H groups in total. The van der Waals surface area contributed by atoms with Gasteiger partial charge in [-0.2, -0.15) is 0 Å². The number of hydrogen-bond acceptors (Lipinski definition) is 4. The summed E-state index contributed by atoms with van der Waals surface area (Å²) < 4.78 is 5.23. The highest BCUT2D eigenvalue weighted by atomic mass is 16.5. The van der Waals surface area contributed by atoms with Gasteiger partial charge in [0.2, 0.25) is 5.91 Å². The second-order valence-corrected chi connectivity index (χ2v) is 9.33. The molecule has 0 saturated heterocycles. The van der Waals surface area contributed by atoms with Crippen molar-refractivity contribution in [3.05, 3.63) is 35.8 Å². The molecule has 2 aromatic rings. The van der Waals surface area contributed by atoms with Crippen molar-refractivity contribution in [1.82, 2.24) is 20.6 Å². The number of benzene rings is 1. The van der Waals surface area contributed by atoms with Gasteiger partial charge in [-0.15, -0.1) is 0 Å². The molecule has 0 atom stereocenters. The standard InChI is InChI=1S/C24H34N4O3/c1-24(2,3)23(30)26-14-15-6-8-17(9-7-15)21-27-19(20(28-21)22(29)25-4)16-10-12-18(31-5)13-11-16/h10-13,15,17H,6-9,14H2,1-5H3,(H,25,29)(H,26,30)(H,27,28). The number of ether oxygens (including phenoxy) is 1. The Morgan fingerprint density at radius 1 is 1.13 bits per heavy atom. The van der Waals surface area contributed by atoms with Crippen molar-refractivity contribution in [2.75, 3.05) is 20.7 Å². The third kappa shape index (κ3) is 5.46. The van der Waals surface area contributed by atoms with Crippen LogP contribution in [0.1, 0.15) is 68.7 Å². The zero-order valence-corrected chi connectivity index (χ0v) is 19.2. The number of nitrogens with one attached hydrogen (secondary N) is 3. The van der Waals surface area contributed by atoms with Crippen molar-refractivity contribution in [2.45, 2.75) is 52.4 Å². The van der Waals surface area contributed by atoms with Gasteiger partial charge in [-0.1, -0.05) is 20.8 Å². The monoisotopic (exact) mass is 426 g/mol. The minimum atomic E-state index is -0.362. The zero-order chi connectivity index (χ0) is 22.6. The Bertz CT molecular complexity index is 904. The normalized spacial score (nSPS) is 19.0. The molecule has 0 spiro atoms. The second-order valence-electron chi connectivity index (χ2n) is 9.33. The molecular weight excluding hydrogens is 392 g/mol. The van der Waals surface area contributed by atoms with Crippen LogP contribution in [-0.4, -0.2) is 42.5 Å². The van der Waals surface area contributed by atoms with E-state index in [2.05, 4.69) is 15.6 Å². The number of imidazole rings is 1. The second kappa shape index (κ2) is 9.54. The van der Waals surface area contributed by atoms with E-state index in [0.717, 1.165) is 49.4 Å². The zero-order valence-electron chi connectivity index (χ0n) is 19.2. The van der Waals surface area contributed by atoms with Crippen molar-refractivity contribution >= 4 is 11.8 Å². The Balaban J connectivity index is 1.70. The SMILES string of the molecule is CNC(=O)c1[nH]c(C2CCC(CNC(=O)C(C)(C)C)CC2)nc1-c1ccc(OC)cc1. The fourth-order valence-corrected chi connectivity index (χ4v) is 3.97. The summed E-state index contributed by atoms with van der Waals surface area (Å²) in [6, 6.07) is 7.57. The quantitative estimate of drug-likeness (QED) is 0.653. The van der Waals surface area contributed by atoms with E-state index in [-0.39, 0.29) is 23.1 Å². The molecule has 3 rings (SSSR count). The van der Waals surface area contributed by atoms with Gasteiger partial charge in [-0.25, -0.2) is 4.98 Å². The van der Waals surface area contributed by atoms with Gasteiger partial charge in [0.25, 0.3) is 5.91 Å². The third-order valence-corrected chi connectivity index (χ3v) is 6.01. The summed E-state index contributed by atoms with van der Waals surface area (Å²) >= 11 is 0. The molecule has 1 fully saturated rings. The van der Waals surface area contributed by atoms with Crippen molar-refractivity contribution in [3.8, 4) is 17.0 Å². The molecule has 31 heavy (non-hydrogen) atoms. The van der Waals surface area contributed by atoms with Crippen LogP contribution in [0, 0.1) is 11.3 Å². The number of nitrogens with zero attached hydrogens (tertiary/aromatic N) is 1. The van der Waals surface area contributed by atoms with E-state index in [1.165, 1.54) is 0 Å². The number of carbonyl (C=O) groups is 2. The number of carbonyl (C=O) groups excluding carboxylic acids is 2. The van der Waals surface area contributed by atoms with Gasteiger partial charge in [0.15, 0.2) is 0 Å². The Hall–Kier alpha value is -2.83. The van der Waals surface area contributed by atoms with E-state index >= 15 is 0 Å². The summed E-state index contributed by atoms with van der Waals surface area (Å²) in [5.41, 5.74) is 1.67. The Morgan fingerprint density at radius 2 is 1.77 bits per heavy atom. The van der Waals surface area contributed by atoms with Crippen molar-refractivity contribution in [3.63, 3.8) is 0 Å². The lowest BCUT2D eigenvalue weighted by molar-refractivity contribution is -0.128. The number of amides is 2. The van der Waals surface area contributed by atoms with Crippen LogP contribution < -0.4 is 15.4 Å². The first-order chi connectivity index (χ1) is 14.7. The van der Waals surface area contributed by atoms with Crippen LogP contribution in [0.4, 0.5) is 0 Å². The molecule has 1 saturated carbocycles. The fourth-order valence-electron chi connectivity index (χ4n) is 3.97. The van der Waals surface area contributed by atoms with Crippen molar-refractivity contribution < 1.29 is 14.3 Å². The Kier molecular flexibility index (Phi) is 7.03. The molecule has 1 aromatic carbocycles. The summed E-state index contributed by atoms with van der Waals surface area (Å²) in [6.45, 7) is 6.52. The van der Waals surface area contributed by atoms with Crippen LogP contribution in [0.5, 0.6) is 5.75 Å². The molecule has 1 heterocycles. The number of methoxy groups -OCH3 is 1. The van der Waals surface area contributed by atoms with Crippen molar-refractivity contribution in [1.29, 1.82) is 0 Å². The van der Waals surface area contributed by atoms with E-state index in [1.807, 2.05) is 45.0 Å². The molecule has 0 unspecified atom stereocenters. The maximum Gasteiger partial charge on any atom is 0.269 e. The molecule has 0 bridgehead atoms. The molecular formula is C24H34N4O3. The molecule has 0 aliphatic heterocycles. The van der Waals surface area contributed by atoms with Crippen LogP contribution in [0.15, 0.2) is 24.3 Å². The first kappa shape index (κ1) is 22.8. The maximum absolute atomic E-state index is 12.5. The summed E-state index contributed by atoms with van der Waals surface area (Å²) in [7, 11) is 3.25. The Morgan fingerprint density at radius 3 is 2.32 bits per heavy atom. The van der Waals surface area contributed by atoms with Gasteiger partial charge in [-0.3, -0.25) is 9.59 Å². The number of aromatic nitrogens is 2. The van der Waals surface area contributed by atoms with Gasteiger partial charge < -0.3 is 20.4 Å². The molecule has 2 amide bonds. The summed E-state index contributed by atoms with van der Waals surface area (Å²) in [6.07, 6.45) is 4.03. The lowest BCUT2D eigenvalue weighted by Gasteiger charge is -2.28. The summed E-state index contributed by atoms with van der Waals surface area (Å²) in [4.78, 5) is 32.7. The van der Waals surface area contributed by atoms with E-state index in [9.17, 15) is 9.59 Å². The molecule has 7 nitrogen and oxygen atoms in total. The highest BCUT2D eigenvalue weighted by Gasteiger charge is 2.28. The molecule has 0 radical (unpaired) electrons. The van der Waals surface area contributed by atoms with Crippen LogP contribution in [-0.2, 0) is 4.79 Å². The Labute approximate surface area is 184 Å². The van der Waals surface area contributed by atoms with Crippen LogP contribution >= 0.6 is 0 Å². The highest BCUT2D eigenvalue weighted by Crippen LogP contribution is 2.36. The van der Waals surface area contributed by atoms with Gasteiger partial charge in [0.05, 0.1) is 7.11 Å². The summed E-state index contributed by atoms with van der Waals surface area (Å²) in [5.74, 6) is 2.31. The van der Waals surface area contributed by atoms with E-state index in [1.54, 1.807) is 14.2 Å². The molecule has 1 aliphatic rings. The van der Waals surface area contributed by atoms with Gasteiger partial charge in [0.1, 0.15) is 23.0 Å². The van der Waals surface area contributed by atoms with E-state index < -0.39 is 0 Å². The largest absolute Gasteiger partial charge is 0.497 e. The van der Waals surface area contributed by atoms with Crippen LogP contribution in [0.3, 0.4) is 0 Å². The molecule has 1 aliphatic carbocycles. The number of H-pyrrole nitrogens is 1. The maximum atomic E-state index is 12.5. The lowest BCUT2D eigenvalue weighted by atomic mass is 9.81. The van der Waals surface area contributed by atoms with Gasteiger partial charge in [0, 0.05) is 30.5 Å². The third-order valence-electron chi connectivity index (χ3n) is 6.01. The van der Waals surface area contributed by atoms with Crippen LogP contribution in [0.25, 0.3) is 11.3 Å². The molecule has 7 heteroatoms. The smallest absolute Gasteiger partial charge is 0.269 e. The highest BCUT2D eigenvalue weighted by molar-refractivity contribution is 5.98. The van der Waals surface area contributed by atoms with Crippen molar-refractivity contribution in [2.24, 2.45) is 11.3 Å². The predicted molar refractivity (Wildman–Crippen MR) is 121 cm³/mol. The topological polar surface area (TPSA) is 96.1 Å². The minimum Gasteiger partial charge on any atom is -0.497 e. The fraction of sp³-hybridized carbons (Fsp3) is 0.542. The van der Waals surface area contributed by atoms with Gasteiger partial charge >= 0.3 is 0 Å². The number of hydrogen-bond donors (Lipinski definition) is 3. The van der Waals surface area contributed by atoms with E-state index in [0.29, 0.717) is 17.3 Å². The van der Waals surface area contributed by atoms with Crippen LogP contribution in [0.2, 0.25) is 0 Å². The minimum absolute atomic E-state index is 0.0972. The number of rotatable bonds is 6.